The van der Waals surface area contributed by atoms with Gasteiger partial charge in [-0.3, -0.25) is 14.4 Å². The molecule has 0 bridgehead atoms. The van der Waals surface area contributed by atoms with Crippen LogP contribution in [0, 0.1) is 6.92 Å². The lowest BCUT2D eigenvalue weighted by molar-refractivity contribution is 0.101. The van der Waals surface area contributed by atoms with Crippen molar-refractivity contribution >= 4 is 44.6 Å². The zero-order valence-electron chi connectivity index (χ0n) is 13.1. The van der Waals surface area contributed by atoms with Gasteiger partial charge in [-0.2, -0.15) is 0 Å². The third kappa shape index (κ3) is 2.81. The van der Waals surface area contributed by atoms with Crippen LogP contribution < -0.4 is 16.6 Å². The first-order valence-electron chi connectivity index (χ1n) is 7.21. The largest absolute Gasteiger partial charge is 0.397 e. The summed E-state index contributed by atoms with van der Waals surface area (Å²) in [6.07, 6.45) is 0. The fourth-order valence-corrected chi connectivity index (χ4v) is 3.60. The number of pyridine rings is 1. The summed E-state index contributed by atoms with van der Waals surface area (Å²) in [5, 5.41) is 3.42. The summed E-state index contributed by atoms with van der Waals surface area (Å²) in [6.45, 7) is 3.24. The molecule has 2 heterocycles. The molecule has 0 aliphatic heterocycles. The fourth-order valence-electron chi connectivity index (χ4n) is 2.51. The molecule has 0 saturated heterocycles. The number of H-pyrrole nitrogens is 1. The van der Waals surface area contributed by atoms with E-state index in [1.807, 2.05) is 0 Å². The summed E-state index contributed by atoms with van der Waals surface area (Å²) in [5.41, 5.74) is 7.94. The van der Waals surface area contributed by atoms with E-state index in [1.54, 1.807) is 31.2 Å². The maximum absolute atomic E-state index is 12.5. The predicted octanol–water partition coefficient (Wildman–Crippen LogP) is 2.94. The zero-order valence-corrected chi connectivity index (χ0v) is 13.9. The molecule has 3 rings (SSSR count). The number of nitrogens with one attached hydrogen (secondary N) is 2. The molecule has 0 saturated carbocycles. The molecule has 1 amide bonds. The molecule has 0 aliphatic rings. The van der Waals surface area contributed by atoms with E-state index >= 15 is 0 Å². The summed E-state index contributed by atoms with van der Waals surface area (Å²) in [6, 6.07) is 8.13. The Hall–Kier alpha value is -2.93. The van der Waals surface area contributed by atoms with Crippen molar-refractivity contribution in [3.05, 3.63) is 56.7 Å². The second-order valence-electron chi connectivity index (χ2n) is 5.46. The van der Waals surface area contributed by atoms with Crippen molar-refractivity contribution in [2.75, 3.05) is 11.1 Å². The number of amides is 1. The average Bonchev–Trinajstić information content (AvgIpc) is 2.84. The smallest absolute Gasteiger partial charge is 0.267 e. The molecule has 1 aromatic carbocycles. The van der Waals surface area contributed by atoms with Crippen LogP contribution in [0.15, 0.2) is 35.1 Å². The van der Waals surface area contributed by atoms with E-state index in [1.165, 1.54) is 13.0 Å². The number of anilines is 2. The number of nitrogen functional groups attached to an aromatic ring is 1. The molecule has 0 spiro atoms. The van der Waals surface area contributed by atoms with Crippen LogP contribution in [0.3, 0.4) is 0 Å². The number of ketones is 1. The van der Waals surface area contributed by atoms with Crippen molar-refractivity contribution < 1.29 is 9.59 Å². The van der Waals surface area contributed by atoms with Gasteiger partial charge in [0.2, 0.25) is 5.56 Å². The van der Waals surface area contributed by atoms with E-state index < -0.39 is 0 Å². The van der Waals surface area contributed by atoms with E-state index in [0.717, 1.165) is 16.9 Å². The van der Waals surface area contributed by atoms with Gasteiger partial charge >= 0.3 is 0 Å². The van der Waals surface area contributed by atoms with E-state index in [2.05, 4.69) is 10.3 Å². The van der Waals surface area contributed by atoms with E-state index in [4.69, 9.17) is 5.73 Å². The first kappa shape index (κ1) is 15.9. The molecule has 0 fully saturated rings. The van der Waals surface area contributed by atoms with Crippen LogP contribution in [0.4, 0.5) is 11.4 Å². The van der Waals surface area contributed by atoms with Crippen LogP contribution >= 0.6 is 11.3 Å². The van der Waals surface area contributed by atoms with Crippen molar-refractivity contribution in [3.63, 3.8) is 0 Å². The maximum Gasteiger partial charge on any atom is 0.267 e. The Morgan fingerprint density at radius 2 is 2.00 bits per heavy atom. The second kappa shape index (κ2) is 5.93. The minimum absolute atomic E-state index is 0.0827. The first-order chi connectivity index (χ1) is 11.4. The van der Waals surface area contributed by atoms with Gasteiger partial charge in [0.25, 0.3) is 5.91 Å². The van der Waals surface area contributed by atoms with Gasteiger partial charge in [-0.1, -0.05) is 12.1 Å². The normalized spacial score (nSPS) is 10.8. The molecule has 122 valence electrons. The number of carbonyl (C=O) groups excluding carboxylic acids is 2. The molecule has 3 aromatic rings. The highest BCUT2D eigenvalue weighted by Crippen LogP contribution is 2.34. The Labute approximate surface area is 141 Å². The number of thiophene rings is 1. The molecule has 4 N–H and O–H groups in total. The molecule has 0 unspecified atom stereocenters. The number of fused-ring (bicyclic) bond motifs is 1. The quantitative estimate of drug-likeness (QED) is 0.637. The number of carbonyl (C=O) groups is 2. The van der Waals surface area contributed by atoms with Crippen LogP contribution in [0.5, 0.6) is 0 Å². The number of aryl methyl sites for hydroxylation is 1. The Balaban J connectivity index is 1.99. The van der Waals surface area contributed by atoms with Crippen molar-refractivity contribution in [1.82, 2.24) is 4.98 Å². The topological polar surface area (TPSA) is 105 Å². The molecule has 6 nitrogen and oxygen atoms in total. The number of hydrogen-bond donors (Lipinski definition) is 3. The number of aromatic nitrogens is 1. The van der Waals surface area contributed by atoms with E-state index in [9.17, 15) is 14.4 Å². The predicted molar refractivity (Wildman–Crippen MR) is 96.0 cm³/mol. The van der Waals surface area contributed by atoms with Crippen LogP contribution in [-0.4, -0.2) is 16.7 Å². The molecule has 0 radical (unpaired) electrons. The third-order valence-electron chi connectivity index (χ3n) is 3.66. The van der Waals surface area contributed by atoms with Crippen LogP contribution in [0.1, 0.15) is 32.5 Å². The minimum Gasteiger partial charge on any atom is -0.397 e. The SMILES string of the molecule is CC(=O)c1cccc(NC(=O)c2sc3[nH]c(=O)cc(C)c3c2N)c1. The highest BCUT2D eigenvalue weighted by atomic mass is 32.1. The first-order valence-corrected chi connectivity index (χ1v) is 8.02. The van der Waals surface area contributed by atoms with Crippen molar-refractivity contribution in [2.45, 2.75) is 13.8 Å². The summed E-state index contributed by atoms with van der Waals surface area (Å²) < 4.78 is 0. The maximum atomic E-state index is 12.5. The van der Waals surface area contributed by atoms with E-state index in [0.29, 0.717) is 32.0 Å². The molecule has 24 heavy (non-hydrogen) atoms. The number of rotatable bonds is 3. The molecular formula is C17H15N3O3S. The number of nitrogens with two attached hydrogens (primary N) is 1. The number of benzene rings is 1. The Morgan fingerprint density at radius 3 is 2.71 bits per heavy atom. The molecule has 7 heteroatoms. The summed E-state index contributed by atoms with van der Waals surface area (Å²) in [5.74, 6) is -0.463. The van der Waals surface area contributed by atoms with E-state index in [-0.39, 0.29) is 17.2 Å². The van der Waals surface area contributed by atoms with Crippen LogP contribution in [-0.2, 0) is 0 Å². The highest BCUT2D eigenvalue weighted by Gasteiger charge is 2.19. The Bertz CT molecular complexity index is 1030. The summed E-state index contributed by atoms with van der Waals surface area (Å²) >= 11 is 1.13. The monoisotopic (exact) mass is 341 g/mol. The minimum atomic E-state index is -0.380. The van der Waals surface area contributed by atoms with Crippen LogP contribution in [0.25, 0.3) is 10.2 Å². The number of hydrogen-bond acceptors (Lipinski definition) is 5. The lowest BCUT2D eigenvalue weighted by Crippen LogP contribution is -2.12. The molecule has 2 aromatic heterocycles. The Kier molecular flexibility index (Phi) is 3.94. The van der Waals surface area contributed by atoms with Crippen LogP contribution in [0.2, 0.25) is 0 Å². The fraction of sp³-hybridized carbons (Fsp3) is 0.118. The third-order valence-corrected chi connectivity index (χ3v) is 4.78. The van der Waals surface area contributed by atoms with Crippen molar-refractivity contribution in [3.8, 4) is 0 Å². The van der Waals surface area contributed by atoms with Crippen molar-refractivity contribution in [2.24, 2.45) is 0 Å². The Morgan fingerprint density at radius 1 is 1.25 bits per heavy atom. The van der Waals surface area contributed by atoms with Gasteiger partial charge in [-0.15, -0.1) is 11.3 Å². The van der Waals surface area contributed by atoms with Gasteiger partial charge in [-0.05, 0) is 31.5 Å². The lowest BCUT2D eigenvalue weighted by atomic mass is 10.1. The number of Topliss-reactive ketones (excluding diaryl/α,β-unsaturated/α-hetero) is 1. The van der Waals surface area contributed by atoms with Gasteiger partial charge in [-0.25, -0.2) is 0 Å². The van der Waals surface area contributed by atoms with Gasteiger partial charge in [0, 0.05) is 22.7 Å². The second-order valence-corrected chi connectivity index (χ2v) is 6.48. The molecular weight excluding hydrogens is 326 g/mol. The summed E-state index contributed by atoms with van der Waals surface area (Å²) in [4.78, 5) is 39.1. The van der Waals surface area contributed by atoms with Gasteiger partial charge in [0.1, 0.15) is 9.71 Å². The van der Waals surface area contributed by atoms with Crippen molar-refractivity contribution in [1.29, 1.82) is 0 Å². The van der Waals surface area contributed by atoms with Gasteiger partial charge in [0.05, 0.1) is 5.69 Å². The summed E-state index contributed by atoms with van der Waals surface area (Å²) in [7, 11) is 0. The van der Waals surface area contributed by atoms with Gasteiger partial charge < -0.3 is 16.0 Å². The highest BCUT2D eigenvalue weighted by molar-refractivity contribution is 7.21. The molecule has 0 atom stereocenters. The zero-order chi connectivity index (χ0) is 17.4. The lowest BCUT2D eigenvalue weighted by Gasteiger charge is -2.06. The van der Waals surface area contributed by atoms with Gasteiger partial charge in [0.15, 0.2) is 5.78 Å². The standard InChI is InChI=1S/C17H15N3O3S/c1-8-6-12(22)20-17-13(8)14(18)15(24-17)16(23)19-11-5-3-4-10(7-11)9(2)21/h3-7H,18H2,1-2H3,(H,19,23)(H,20,22). The molecule has 0 aliphatic carbocycles. The number of aromatic amines is 1. The average molecular weight is 341 g/mol.